The van der Waals surface area contributed by atoms with Gasteiger partial charge >= 0.3 is 5.97 Å². The van der Waals surface area contributed by atoms with E-state index in [-0.39, 0.29) is 18.4 Å². The number of oxazole rings is 1. The summed E-state index contributed by atoms with van der Waals surface area (Å²) in [6.07, 6.45) is 2.92. The van der Waals surface area contributed by atoms with E-state index in [9.17, 15) is 4.79 Å². The Balaban J connectivity index is 2.13. The highest BCUT2D eigenvalue weighted by atomic mass is 16.5. The number of aryl methyl sites for hydroxylation is 1. The van der Waals surface area contributed by atoms with Crippen molar-refractivity contribution in [3.05, 3.63) is 17.3 Å². The van der Waals surface area contributed by atoms with Gasteiger partial charge in [0.2, 0.25) is 5.89 Å². The molecule has 2 rings (SSSR count). The molecular formula is C11H15NO4. The minimum Gasteiger partial charge on any atom is -0.481 e. The van der Waals surface area contributed by atoms with Gasteiger partial charge in [-0.3, -0.25) is 4.79 Å². The smallest absolute Gasteiger partial charge is 0.312 e. The molecule has 1 aliphatic heterocycles. The highest BCUT2D eigenvalue weighted by molar-refractivity contribution is 5.68. The number of carboxylic acids is 1. The SMILES string of the molecule is Cc1oc(CC(=O)O)nc1C1CCCCO1. The van der Waals surface area contributed by atoms with E-state index in [0.29, 0.717) is 5.76 Å². The Morgan fingerprint density at radius 2 is 2.38 bits per heavy atom. The summed E-state index contributed by atoms with van der Waals surface area (Å²) in [5.74, 6) is -0.00492. The molecule has 1 fully saturated rings. The summed E-state index contributed by atoms with van der Waals surface area (Å²) in [5.41, 5.74) is 0.760. The molecule has 0 radical (unpaired) electrons. The molecule has 0 spiro atoms. The molecule has 16 heavy (non-hydrogen) atoms. The molecule has 0 amide bonds. The Bertz CT molecular complexity index is 379. The molecular weight excluding hydrogens is 210 g/mol. The molecule has 0 aliphatic carbocycles. The van der Waals surface area contributed by atoms with Crippen LogP contribution in [0.5, 0.6) is 0 Å². The minimum absolute atomic E-state index is 0.0277. The van der Waals surface area contributed by atoms with Gasteiger partial charge in [0.1, 0.15) is 24.0 Å². The zero-order valence-corrected chi connectivity index (χ0v) is 9.23. The molecule has 1 aromatic rings. The zero-order valence-electron chi connectivity index (χ0n) is 9.23. The lowest BCUT2D eigenvalue weighted by Gasteiger charge is -2.20. The summed E-state index contributed by atoms with van der Waals surface area (Å²) in [5, 5.41) is 8.65. The summed E-state index contributed by atoms with van der Waals surface area (Å²) >= 11 is 0. The molecule has 1 unspecified atom stereocenters. The number of nitrogens with zero attached hydrogens (tertiary/aromatic N) is 1. The van der Waals surface area contributed by atoms with Crippen LogP contribution in [0, 0.1) is 6.92 Å². The van der Waals surface area contributed by atoms with E-state index in [1.165, 1.54) is 0 Å². The topological polar surface area (TPSA) is 72.6 Å². The first kappa shape index (κ1) is 11.1. The van der Waals surface area contributed by atoms with Crippen LogP contribution in [0.25, 0.3) is 0 Å². The molecule has 0 saturated carbocycles. The van der Waals surface area contributed by atoms with Gasteiger partial charge in [0.05, 0.1) is 0 Å². The van der Waals surface area contributed by atoms with Crippen molar-refractivity contribution in [1.29, 1.82) is 0 Å². The molecule has 1 aliphatic rings. The van der Waals surface area contributed by atoms with Crippen LogP contribution in [0.4, 0.5) is 0 Å². The fraction of sp³-hybridized carbons (Fsp3) is 0.636. The lowest BCUT2D eigenvalue weighted by atomic mass is 10.1. The van der Waals surface area contributed by atoms with Crippen molar-refractivity contribution in [3.63, 3.8) is 0 Å². The monoisotopic (exact) mass is 225 g/mol. The maximum absolute atomic E-state index is 10.5. The standard InChI is InChI=1S/C11H15NO4/c1-7-11(8-4-2-3-5-15-8)12-9(16-7)6-10(13)14/h8H,2-6H2,1H3,(H,13,14). The number of carbonyl (C=O) groups is 1. The molecule has 0 bridgehead atoms. The number of carboxylic acid groups (broad SMARTS) is 1. The largest absolute Gasteiger partial charge is 0.481 e. The van der Waals surface area contributed by atoms with Crippen molar-refractivity contribution >= 4 is 5.97 Å². The molecule has 2 heterocycles. The van der Waals surface area contributed by atoms with Gasteiger partial charge in [0, 0.05) is 6.61 Å². The van der Waals surface area contributed by atoms with Gasteiger partial charge in [0.25, 0.3) is 0 Å². The first-order valence-electron chi connectivity index (χ1n) is 5.46. The molecule has 1 aromatic heterocycles. The zero-order chi connectivity index (χ0) is 11.5. The second-order valence-electron chi connectivity index (χ2n) is 3.97. The minimum atomic E-state index is -0.933. The van der Waals surface area contributed by atoms with Gasteiger partial charge in [-0.05, 0) is 26.2 Å². The highest BCUT2D eigenvalue weighted by Crippen LogP contribution is 2.29. The van der Waals surface area contributed by atoms with Gasteiger partial charge in [0.15, 0.2) is 0 Å². The predicted molar refractivity (Wildman–Crippen MR) is 55.1 cm³/mol. The first-order valence-corrected chi connectivity index (χ1v) is 5.46. The van der Waals surface area contributed by atoms with Crippen LogP contribution in [0.1, 0.15) is 42.7 Å². The molecule has 5 heteroatoms. The lowest BCUT2D eigenvalue weighted by Crippen LogP contribution is -2.13. The Hall–Kier alpha value is -1.36. The van der Waals surface area contributed by atoms with E-state index in [2.05, 4.69) is 4.98 Å². The second kappa shape index (κ2) is 4.65. The Kier molecular flexibility index (Phi) is 3.24. The average Bonchev–Trinajstić information content (AvgIpc) is 2.60. The fourth-order valence-corrected chi connectivity index (χ4v) is 1.92. The number of ether oxygens (including phenoxy) is 1. The van der Waals surface area contributed by atoms with Gasteiger partial charge < -0.3 is 14.3 Å². The quantitative estimate of drug-likeness (QED) is 0.849. The van der Waals surface area contributed by atoms with Crippen LogP contribution in [-0.4, -0.2) is 22.7 Å². The third-order valence-electron chi connectivity index (χ3n) is 2.66. The van der Waals surface area contributed by atoms with Crippen molar-refractivity contribution < 1.29 is 19.1 Å². The van der Waals surface area contributed by atoms with E-state index in [1.54, 1.807) is 6.92 Å². The number of hydrogen-bond donors (Lipinski definition) is 1. The Morgan fingerprint density at radius 3 is 3.00 bits per heavy atom. The van der Waals surface area contributed by atoms with Gasteiger partial charge in [-0.25, -0.2) is 4.98 Å². The number of aliphatic carboxylic acids is 1. The lowest BCUT2D eigenvalue weighted by molar-refractivity contribution is -0.136. The van der Waals surface area contributed by atoms with E-state index in [0.717, 1.165) is 31.6 Å². The maximum atomic E-state index is 10.5. The van der Waals surface area contributed by atoms with Crippen LogP contribution in [0.3, 0.4) is 0 Å². The summed E-state index contributed by atoms with van der Waals surface area (Å²) in [7, 11) is 0. The molecule has 0 aromatic carbocycles. The Morgan fingerprint density at radius 1 is 1.56 bits per heavy atom. The fourth-order valence-electron chi connectivity index (χ4n) is 1.92. The molecule has 1 saturated heterocycles. The summed E-state index contributed by atoms with van der Waals surface area (Å²) in [6, 6.07) is 0. The number of rotatable bonds is 3. The second-order valence-corrected chi connectivity index (χ2v) is 3.97. The molecule has 1 N–H and O–H groups in total. The van der Waals surface area contributed by atoms with E-state index in [4.69, 9.17) is 14.3 Å². The number of hydrogen-bond acceptors (Lipinski definition) is 4. The Labute approximate surface area is 93.4 Å². The van der Waals surface area contributed by atoms with Crippen LogP contribution in [0.2, 0.25) is 0 Å². The van der Waals surface area contributed by atoms with Crippen molar-refractivity contribution in [2.75, 3.05) is 6.61 Å². The van der Waals surface area contributed by atoms with Crippen LogP contribution < -0.4 is 0 Å². The van der Waals surface area contributed by atoms with Gasteiger partial charge in [-0.15, -0.1) is 0 Å². The summed E-state index contributed by atoms with van der Waals surface area (Å²) in [4.78, 5) is 14.7. The van der Waals surface area contributed by atoms with E-state index >= 15 is 0 Å². The highest BCUT2D eigenvalue weighted by Gasteiger charge is 2.23. The first-order chi connectivity index (χ1) is 7.66. The van der Waals surface area contributed by atoms with Crippen molar-refractivity contribution in [2.24, 2.45) is 0 Å². The molecule has 88 valence electrons. The van der Waals surface area contributed by atoms with Crippen LogP contribution in [0.15, 0.2) is 4.42 Å². The summed E-state index contributed by atoms with van der Waals surface area (Å²) in [6.45, 7) is 2.54. The molecule has 1 atom stereocenters. The number of aromatic nitrogens is 1. The van der Waals surface area contributed by atoms with Crippen LogP contribution in [-0.2, 0) is 16.0 Å². The van der Waals surface area contributed by atoms with Gasteiger partial charge in [-0.1, -0.05) is 0 Å². The predicted octanol–water partition coefficient (Wildman–Crippen LogP) is 1.85. The third kappa shape index (κ3) is 2.41. The van der Waals surface area contributed by atoms with Crippen LogP contribution >= 0.6 is 0 Å². The van der Waals surface area contributed by atoms with E-state index < -0.39 is 5.97 Å². The van der Waals surface area contributed by atoms with Crippen molar-refractivity contribution in [3.8, 4) is 0 Å². The summed E-state index contributed by atoms with van der Waals surface area (Å²) < 4.78 is 10.9. The van der Waals surface area contributed by atoms with Crippen molar-refractivity contribution in [2.45, 2.75) is 38.7 Å². The maximum Gasteiger partial charge on any atom is 0.312 e. The van der Waals surface area contributed by atoms with E-state index in [1.807, 2.05) is 0 Å². The average molecular weight is 225 g/mol. The molecule has 5 nitrogen and oxygen atoms in total. The van der Waals surface area contributed by atoms with Gasteiger partial charge in [-0.2, -0.15) is 0 Å². The van der Waals surface area contributed by atoms with Crippen molar-refractivity contribution in [1.82, 2.24) is 4.98 Å². The normalized spacial score (nSPS) is 20.9. The third-order valence-corrected chi connectivity index (χ3v) is 2.66.